The van der Waals surface area contributed by atoms with Crippen molar-refractivity contribution in [3.63, 3.8) is 0 Å². The Bertz CT molecular complexity index is 3100. The molecule has 5 nitrogen and oxygen atoms in total. The molecule has 0 N–H and O–H groups in total. The molecular weight excluding hydrogens is 735 g/mol. The number of fused-ring (bicyclic) bond motifs is 6. The Kier molecular flexibility index (Phi) is 9.02. The maximum Gasteiger partial charge on any atom is 0.165 e. The van der Waals surface area contributed by atoms with E-state index in [9.17, 15) is 0 Å². The minimum absolute atomic E-state index is 0.0879. The summed E-state index contributed by atoms with van der Waals surface area (Å²) in [5.74, 6) is 1.86. The van der Waals surface area contributed by atoms with Crippen LogP contribution in [0, 0.1) is 0 Å². The van der Waals surface area contributed by atoms with Crippen molar-refractivity contribution in [1.82, 2.24) is 15.0 Å². The average molecular weight is 790 g/mol. The second kappa shape index (κ2) is 13.7. The fraction of sp³-hybridized carbons (Fsp3) is 0.291. The predicted octanol–water partition coefficient (Wildman–Crippen LogP) is 15.5. The van der Waals surface area contributed by atoms with Crippen LogP contribution in [-0.2, 0) is 21.7 Å². The monoisotopic (exact) mass is 789 g/mol. The van der Waals surface area contributed by atoms with Gasteiger partial charge in [-0.1, -0.05) is 186 Å². The SMILES string of the molecule is CC(C)(C)c1cc(C(C)(C)C)c2oc3c(C(C)(C)C)cc(C(C)(C)C)c(-c4nc(-c5ccccc5)nc(-c5ccc(-c6cccc7c6oc6ccccc67)cc5)n4)c3c2c1. The second-order valence-electron chi connectivity index (χ2n) is 20.6. The van der Waals surface area contributed by atoms with Crippen LogP contribution >= 0.6 is 0 Å². The minimum Gasteiger partial charge on any atom is -0.455 e. The number of benzene rings is 6. The maximum atomic E-state index is 7.22. The van der Waals surface area contributed by atoms with E-state index >= 15 is 0 Å². The van der Waals surface area contributed by atoms with Crippen LogP contribution in [0.15, 0.2) is 124 Å². The van der Waals surface area contributed by atoms with Crippen molar-refractivity contribution >= 4 is 43.9 Å². The van der Waals surface area contributed by atoms with Gasteiger partial charge in [-0.15, -0.1) is 0 Å². The van der Waals surface area contributed by atoms with Crippen molar-refractivity contribution in [2.24, 2.45) is 0 Å². The van der Waals surface area contributed by atoms with Gasteiger partial charge in [-0.3, -0.25) is 0 Å². The molecule has 0 radical (unpaired) electrons. The number of furan rings is 2. The standard InChI is InChI=1S/C55H55N3O2/c1-52(2,3)35-29-39-44-45(40(53(4,5)6)31-42(55(10,11)12)48(44)60-47(39)41(30-35)54(7,8)9)51-57-49(33-19-14-13-15-20-33)56-50(58-51)34-27-25-32(26-28-34)36-22-18-23-38-37-21-16-17-24-43(37)59-46(36)38/h13-31H,1-12H3. The molecule has 5 heteroatoms. The molecule has 302 valence electrons. The van der Waals surface area contributed by atoms with Crippen LogP contribution in [0.5, 0.6) is 0 Å². The molecule has 6 aromatic carbocycles. The van der Waals surface area contributed by atoms with Crippen molar-refractivity contribution < 1.29 is 8.83 Å². The van der Waals surface area contributed by atoms with Crippen LogP contribution in [0.2, 0.25) is 0 Å². The van der Waals surface area contributed by atoms with Gasteiger partial charge in [0.05, 0.1) is 0 Å². The Labute approximate surface area is 353 Å². The summed E-state index contributed by atoms with van der Waals surface area (Å²) < 4.78 is 13.6. The van der Waals surface area contributed by atoms with Crippen LogP contribution in [-0.4, -0.2) is 15.0 Å². The number of rotatable bonds is 4. The van der Waals surface area contributed by atoms with Gasteiger partial charge in [-0.2, -0.15) is 0 Å². The van der Waals surface area contributed by atoms with Gasteiger partial charge in [0.1, 0.15) is 22.3 Å². The number of hydrogen-bond acceptors (Lipinski definition) is 5. The fourth-order valence-electron chi connectivity index (χ4n) is 8.53. The van der Waals surface area contributed by atoms with E-state index in [4.69, 9.17) is 23.8 Å². The first-order chi connectivity index (χ1) is 28.3. The van der Waals surface area contributed by atoms with E-state index in [0.29, 0.717) is 17.5 Å². The summed E-state index contributed by atoms with van der Waals surface area (Å²) in [7, 11) is 0. The molecule has 0 unspecified atom stereocenters. The molecule has 0 aliphatic rings. The Morgan fingerprint density at radius 1 is 0.383 bits per heavy atom. The summed E-state index contributed by atoms with van der Waals surface area (Å²) >= 11 is 0. The highest BCUT2D eigenvalue weighted by Crippen LogP contribution is 2.49. The summed E-state index contributed by atoms with van der Waals surface area (Å²) in [6, 6.07) is 40.4. The van der Waals surface area contributed by atoms with Gasteiger partial charge in [-0.25, -0.2) is 15.0 Å². The molecule has 9 aromatic rings. The zero-order valence-corrected chi connectivity index (χ0v) is 37.1. The third kappa shape index (κ3) is 6.78. The molecule has 0 atom stereocenters. The molecule has 0 bridgehead atoms. The number of para-hydroxylation sites is 2. The van der Waals surface area contributed by atoms with E-state index < -0.39 is 0 Å². The molecule has 3 heterocycles. The molecule has 60 heavy (non-hydrogen) atoms. The predicted molar refractivity (Wildman–Crippen MR) is 251 cm³/mol. The van der Waals surface area contributed by atoms with Crippen LogP contribution in [0.1, 0.15) is 105 Å². The lowest BCUT2D eigenvalue weighted by atomic mass is 9.75. The third-order valence-corrected chi connectivity index (χ3v) is 11.9. The molecule has 0 saturated heterocycles. The number of aromatic nitrogens is 3. The van der Waals surface area contributed by atoms with Crippen molar-refractivity contribution in [2.45, 2.75) is 105 Å². The summed E-state index contributed by atoms with van der Waals surface area (Å²) in [4.78, 5) is 16.0. The van der Waals surface area contributed by atoms with Gasteiger partial charge in [0, 0.05) is 54.9 Å². The Hall–Kier alpha value is -6.07. The first-order valence-electron chi connectivity index (χ1n) is 21.2. The topological polar surface area (TPSA) is 65.0 Å². The second-order valence-corrected chi connectivity index (χ2v) is 20.6. The van der Waals surface area contributed by atoms with Gasteiger partial charge < -0.3 is 8.83 Å². The summed E-state index contributed by atoms with van der Waals surface area (Å²) in [5, 5.41) is 4.38. The van der Waals surface area contributed by atoms with Crippen molar-refractivity contribution in [2.75, 3.05) is 0 Å². The maximum absolute atomic E-state index is 7.22. The quantitative estimate of drug-likeness (QED) is 0.178. The highest BCUT2D eigenvalue weighted by atomic mass is 16.3. The van der Waals surface area contributed by atoms with E-state index in [1.165, 1.54) is 22.3 Å². The molecule has 3 aromatic heterocycles. The Balaban J connectivity index is 1.34. The molecule has 0 amide bonds. The molecule has 0 aliphatic heterocycles. The summed E-state index contributed by atoms with van der Waals surface area (Å²) in [6.45, 7) is 27.4. The molecule has 0 aliphatic carbocycles. The van der Waals surface area contributed by atoms with Crippen LogP contribution in [0.4, 0.5) is 0 Å². The molecule has 0 saturated carbocycles. The molecule has 0 spiro atoms. The van der Waals surface area contributed by atoms with Crippen molar-refractivity contribution in [1.29, 1.82) is 0 Å². The highest BCUT2D eigenvalue weighted by molar-refractivity contribution is 6.15. The first kappa shape index (κ1) is 39.4. The largest absolute Gasteiger partial charge is 0.455 e. The Morgan fingerprint density at radius 2 is 0.933 bits per heavy atom. The van der Waals surface area contributed by atoms with Gasteiger partial charge in [0.2, 0.25) is 0 Å². The van der Waals surface area contributed by atoms with Gasteiger partial charge in [0.25, 0.3) is 0 Å². The number of hydrogen-bond donors (Lipinski definition) is 0. The Morgan fingerprint density at radius 3 is 1.57 bits per heavy atom. The lowest BCUT2D eigenvalue weighted by molar-refractivity contribution is 0.547. The van der Waals surface area contributed by atoms with E-state index in [2.05, 4.69) is 168 Å². The summed E-state index contributed by atoms with van der Waals surface area (Å²) in [5.41, 5.74) is 12.6. The molecule has 0 fully saturated rings. The fourth-order valence-corrected chi connectivity index (χ4v) is 8.53. The molecular formula is C55H55N3O2. The normalized spacial score (nSPS) is 13.0. The zero-order chi connectivity index (χ0) is 42.5. The van der Waals surface area contributed by atoms with E-state index in [1.54, 1.807) is 0 Å². The van der Waals surface area contributed by atoms with Gasteiger partial charge in [0.15, 0.2) is 17.5 Å². The van der Waals surface area contributed by atoms with Crippen LogP contribution in [0.25, 0.3) is 89.2 Å². The number of nitrogens with zero attached hydrogens (tertiary/aromatic N) is 3. The van der Waals surface area contributed by atoms with E-state index in [0.717, 1.165) is 71.7 Å². The van der Waals surface area contributed by atoms with Crippen LogP contribution in [0.3, 0.4) is 0 Å². The average Bonchev–Trinajstić information content (AvgIpc) is 3.78. The minimum atomic E-state index is -0.263. The smallest absolute Gasteiger partial charge is 0.165 e. The van der Waals surface area contributed by atoms with Gasteiger partial charge in [-0.05, 0) is 50.5 Å². The lowest BCUT2D eigenvalue weighted by Crippen LogP contribution is -2.18. The summed E-state index contributed by atoms with van der Waals surface area (Å²) in [6.07, 6.45) is 0. The third-order valence-electron chi connectivity index (χ3n) is 11.9. The van der Waals surface area contributed by atoms with E-state index in [-0.39, 0.29) is 21.7 Å². The highest BCUT2D eigenvalue weighted by Gasteiger charge is 2.34. The van der Waals surface area contributed by atoms with Crippen LogP contribution < -0.4 is 0 Å². The first-order valence-corrected chi connectivity index (χ1v) is 21.2. The van der Waals surface area contributed by atoms with Crippen molar-refractivity contribution in [3.8, 4) is 45.3 Å². The van der Waals surface area contributed by atoms with Gasteiger partial charge >= 0.3 is 0 Å². The zero-order valence-electron chi connectivity index (χ0n) is 37.1. The molecule has 9 rings (SSSR count). The lowest BCUT2D eigenvalue weighted by Gasteiger charge is -2.28. The van der Waals surface area contributed by atoms with E-state index in [1.807, 2.05) is 30.3 Å². The van der Waals surface area contributed by atoms with Crippen molar-refractivity contribution in [3.05, 3.63) is 138 Å².